The van der Waals surface area contributed by atoms with E-state index < -0.39 is 5.97 Å². The molecule has 0 spiro atoms. The summed E-state index contributed by atoms with van der Waals surface area (Å²) in [5, 5.41) is 19.1. The number of rotatable bonds is 7. The van der Waals surface area contributed by atoms with Crippen LogP contribution in [0.3, 0.4) is 0 Å². The number of ether oxygens (including phenoxy) is 1. The van der Waals surface area contributed by atoms with Gasteiger partial charge >= 0.3 is 29.6 Å². The Kier molecular flexibility index (Phi) is 7.68. The van der Waals surface area contributed by atoms with E-state index in [9.17, 15) is 9.90 Å². The van der Waals surface area contributed by atoms with Crippen LogP contribution in [0.4, 0.5) is 0 Å². The minimum atomic E-state index is -1.31. The fraction of sp³-hybridized carbons (Fsp3) is 0.190. The van der Waals surface area contributed by atoms with Crippen LogP contribution in [0.25, 0.3) is 22.8 Å². The number of nitrogens with zero attached hydrogens (tertiary/aromatic N) is 5. The molecule has 3 heterocycles. The Labute approximate surface area is 210 Å². The van der Waals surface area contributed by atoms with Crippen molar-refractivity contribution in [1.82, 2.24) is 24.9 Å². The SMILES string of the molecule is CC(C)Oc1ncc(-c2nc(-c3ccc(Cn4ccc(C(=O)[O-])n4)cc3)no2)cc1Cl.[Na+]. The molecule has 4 aromatic rings. The largest absolute Gasteiger partial charge is 1.00 e. The van der Waals surface area contributed by atoms with E-state index in [-0.39, 0.29) is 47.2 Å². The summed E-state index contributed by atoms with van der Waals surface area (Å²) < 4.78 is 12.4. The van der Waals surface area contributed by atoms with Crippen LogP contribution in [0.5, 0.6) is 5.88 Å². The van der Waals surface area contributed by atoms with Gasteiger partial charge in [0.05, 0.1) is 24.2 Å². The number of hydrogen-bond acceptors (Lipinski definition) is 8. The molecule has 0 aliphatic rings. The van der Waals surface area contributed by atoms with Crippen LogP contribution in [0.1, 0.15) is 29.9 Å². The quantitative estimate of drug-likeness (QED) is 0.349. The summed E-state index contributed by atoms with van der Waals surface area (Å²) in [5.74, 6) is -0.255. The summed E-state index contributed by atoms with van der Waals surface area (Å²) in [4.78, 5) is 19.4. The summed E-state index contributed by atoms with van der Waals surface area (Å²) >= 11 is 6.23. The molecule has 1 aromatic carbocycles. The van der Waals surface area contributed by atoms with Gasteiger partial charge in [0.15, 0.2) is 0 Å². The summed E-state index contributed by atoms with van der Waals surface area (Å²) in [5.41, 5.74) is 2.17. The number of halogens is 1. The van der Waals surface area contributed by atoms with Crippen LogP contribution in [-0.4, -0.2) is 37.0 Å². The molecular weight excluding hydrogens is 445 g/mol. The van der Waals surface area contributed by atoms with Crippen molar-refractivity contribution >= 4 is 17.6 Å². The smallest absolute Gasteiger partial charge is 0.543 e. The maximum absolute atomic E-state index is 10.8. The zero-order chi connectivity index (χ0) is 22.0. The van der Waals surface area contributed by atoms with Gasteiger partial charge < -0.3 is 19.2 Å². The minimum absolute atomic E-state index is 0. The second kappa shape index (κ2) is 10.3. The molecule has 4 rings (SSSR count). The number of aromatic nitrogens is 5. The van der Waals surface area contributed by atoms with Crippen molar-refractivity contribution < 1.29 is 48.7 Å². The summed E-state index contributed by atoms with van der Waals surface area (Å²) in [7, 11) is 0. The van der Waals surface area contributed by atoms with Gasteiger partial charge in [-0.05, 0) is 31.5 Å². The fourth-order valence-corrected chi connectivity index (χ4v) is 3.03. The molecule has 0 unspecified atom stereocenters. The normalized spacial score (nSPS) is 10.8. The molecule has 0 N–H and O–H groups in total. The topological polar surface area (TPSA) is 119 Å². The number of carbonyl (C=O) groups is 1. The van der Waals surface area contributed by atoms with E-state index in [2.05, 4.69) is 20.2 Å². The van der Waals surface area contributed by atoms with Gasteiger partial charge in [0.25, 0.3) is 5.89 Å². The second-order valence-electron chi connectivity index (χ2n) is 6.98. The molecule has 158 valence electrons. The van der Waals surface area contributed by atoms with Gasteiger partial charge in [-0.15, -0.1) is 0 Å². The van der Waals surface area contributed by atoms with E-state index in [0.29, 0.717) is 28.8 Å². The first-order valence-corrected chi connectivity index (χ1v) is 9.77. The number of carboxylic acid groups (broad SMARTS) is 1. The number of pyridine rings is 1. The number of carboxylic acids is 1. The van der Waals surface area contributed by atoms with Crippen molar-refractivity contribution in [2.24, 2.45) is 0 Å². The fourth-order valence-electron chi connectivity index (χ4n) is 2.82. The molecule has 0 fully saturated rings. The molecule has 0 saturated heterocycles. The van der Waals surface area contributed by atoms with Crippen LogP contribution in [0, 0.1) is 0 Å². The first-order valence-electron chi connectivity index (χ1n) is 9.39. The Hall–Kier alpha value is -2.72. The van der Waals surface area contributed by atoms with Crippen LogP contribution in [0.15, 0.2) is 53.3 Å². The van der Waals surface area contributed by atoms with Crippen molar-refractivity contribution in [1.29, 1.82) is 0 Å². The average molecular weight is 462 g/mol. The van der Waals surface area contributed by atoms with Gasteiger partial charge in [-0.2, -0.15) is 10.1 Å². The molecule has 0 amide bonds. The third-order valence-electron chi connectivity index (χ3n) is 4.23. The molecular formula is C21H17ClN5NaO4. The van der Waals surface area contributed by atoms with E-state index in [4.69, 9.17) is 20.9 Å². The van der Waals surface area contributed by atoms with Crippen LogP contribution < -0.4 is 39.4 Å². The Morgan fingerprint density at radius 1 is 1.22 bits per heavy atom. The van der Waals surface area contributed by atoms with Gasteiger partial charge in [0.2, 0.25) is 11.7 Å². The van der Waals surface area contributed by atoms with E-state index >= 15 is 0 Å². The standard InChI is InChI=1S/C21H18ClN5O4.Na/c1-12(2)30-20-16(22)9-15(10-23-20)19-24-18(26-31-19)14-5-3-13(4-6-14)11-27-8-7-17(25-27)21(28)29;/h3-10,12H,11H2,1-2H3,(H,28,29);/q;+1/p-1. The molecule has 0 atom stereocenters. The Balaban J connectivity index is 0.00000289. The molecule has 0 bridgehead atoms. The summed E-state index contributed by atoms with van der Waals surface area (Å²) in [6.45, 7) is 4.20. The van der Waals surface area contributed by atoms with Crippen molar-refractivity contribution in [2.45, 2.75) is 26.5 Å². The number of hydrogen-bond donors (Lipinski definition) is 0. The molecule has 3 aromatic heterocycles. The Bertz CT molecular complexity index is 1220. The molecule has 0 radical (unpaired) electrons. The van der Waals surface area contributed by atoms with Crippen molar-refractivity contribution in [2.75, 3.05) is 0 Å². The first kappa shape index (κ1) is 23.9. The molecule has 32 heavy (non-hydrogen) atoms. The average Bonchev–Trinajstić information content (AvgIpc) is 3.40. The Morgan fingerprint density at radius 3 is 2.59 bits per heavy atom. The molecule has 0 aliphatic heterocycles. The molecule has 11 heteroatoms. The maximum Gasteiger partial charge on any atom is 1.00 e. The van der Waals surface area contributed by atoms with Gasteiger partial charge in [0, 0.05) is 18.0 Å². The number of benzene rings is 1. The molecule has 0 aliphatic carbocycles. The monoisotopic (exact) mass is 461 g/mol. The van der Waals surface area contributed by atoms with Crippen LogP contribution in [0.2, 0.25) is 5.02 Å². The number of aromatic carboxylic acids is 1. The van der Waals surface area contributed by atoms with Crippen molar-refractivity contribution in [3.8, 4) is 28.7 Å². The third-order valence-corrected chi connectivity index (χ3v) is 4.51. The zero-order valence-corrected chi connectivity index (χ0v) is 20.4. The zero-order valence-electron chi connectivity index (χ0n) is 17.7. The van der Waals surface area contributed by atoms with E-state index in [1.54, 1.807) is 18.5 Å². The molecule has 0 saturated carbocycles. The van der Waals surface area contributed by atoms with Crippen molar-refractivity contribution in [3.05, 3.63) is 65.1 Å². The van der Waals surface area contributed by atoms with Crippen LogP contribution >= 0.6 is 11.6 Å². The van der Waals surface area contributed by atoms with E-state index in [0.717, 1.165) is 11.1 Å². The van der Waals surface area contributed by atoms with Gasteiger partial charge in [-0.1, -0.05) is 41.0 Å². The first-order chi connectivity index (χ1) is 14.9. The third kappa shape index (κ3) is 5.55. The summed E-state index contributed by atoms with van der Waals surface area (Å²) in [6, 6.07) is 10.5. The van der Waals surface area contributed by atoms with Crippen molar-refractivity contribution in [3.63, 3.8) is 0 Å². The number of carbonyl (C=O) groups excluding carboxylic acids is 1. The van der Waals surface area contributed by atoms with Crippen LogP contribution in [-0.2, 0) is 6.54 Å². The van der Waals surface area contributed by atoms with E-state index in [1.807, 2.05) is 38.1 Å². The maximum atomic E-state index is 10.8. The van der Waals surface area contributed by atoms with Gasteiger partial charge in [-0.25, -0.2) is 4.98 Å². The predicted molar refractivity (Wildman–Crippen MR) is 109 cm³/mol. The molecule has 9 nitrogen and oxygen atoms in total. The Morgan fingerprint density at radius 2 is 1.97 bits per heavy atom. The van der Waals surface area contributed by atoms with Gasteiger partial charge in [0.1, 0.15) is 10.7 Å². The van der Waals surface area contributed by atoms with Gasteiger partial charge in [-0.3, -0.25) is 4.68 Å². The predicted octanol–water partition coefficient (Wildman–Crippen LogP) is -0.149. The minimum Gasteiger partial charge on any atom is -0.543 e. The van der Waals surface area contributed by atoms with E-state index in [1.165, 1.54) is 10.7 Å². The second-order valence-corrected chi connectivity index (χ2v) is 7.39. The summed E-state index contributed by atoms with van der Waals surface area (Å²) in [6.07, 6.45) is 3.11.